The zero-order valence-corrected chi connectivity index (χ0v) is 12.7. The van der Waals surface area contributed by atoms with Crippen molar-refractivity contribution >= 4 is 34.6 Å². The van der Waals surface area contributed by atoms with Gasteiger partial charge in [-0.05, 0) is 25.5 Å². The molecule has 0 atom stereocenters. The second kappa shape index (κ2) is 6.61. The molecule has 7 heteroatoms. The molecular weight excluding hydrogens is 301 g/mol. The van der Waals surface area contributed by atoms with Gasteiger partial charge in [-0.2, -0.15) is 0 Å². The number of nitro benzene ring substituents is 1. The highest BCUT2D eigenvalue weighted by Crippen LogP contribution is 2.34. The van der Waals surface area contributed by atoms with Gasteiger partial charge in [-0.15, -0.1) is 0 Å². The van der Waals surface area contributed by atoms with Gasteiger partial charge in [0.05, 0.1) is 15.0 Å². The number of anilines is 1. The number of nitro groups is 1. The summed E-state index contributed by atoms with van der Waals surface area (Å²) in [5, 5.41) is 14.6. The van der Waals surface area contributed by atoms with Crippen molar-refractivity contribution < 1.29 is 4.92 Å². The molecule has 0 radical (unpaired) electrons. The second-order valence-electron chi connectivity index (χ2n) is 4.83. The quantitative estimate of drug-likeness (QED) is 0.614. The summed E-state index contributed by atoms with van der Waals surface area (Å²) >= 11 is 11.7. The van der Waals surface area contributed by atoms with Gasteiger partial charge in [0.2, 0.25) is 0 Å². The fourth-order valence-corrected chi connectivity index (χ4v) is 2.52. The second-order valence-corrected chi connectivity index (χ2v) is 5.64. The van der Waals surface area contributed by atoms with Crippen LogP contribution in [0.15, 0.2) is 12.1 Å². The number of nitrogens with zero attached hydrogens (tertiary/aromatic N) is 2. The average molecular weight is 318 g/mol. The molecule has 1 aliphatic rings. The summed E-state index contributed by atoms with van der Waals surface area (Å²) in [6.45, 7) is 4.62. The first-order valence-electron chi connectivity index (χ1n) is 6.64. The lowest BCUT2D eigenvalue weighted by Crippen LogP contribution is -2.30. The van der Waals surface area contributed by atoms with Crippen LogP contribution in [0.5, 0.6) is 0 Å². The predicted octanol–water partition coefficient (Wildman–Crippen LogP) is 3.80. The van der Waals surface area contributed by atoms with Crippen LogP contribution in [0, 0.1) is 10.1 Å². The minimum absolute atomic E-state index is 0.0473. The molecule has 20 heavy (non-hydrogen) atoms. The fourth-order valence-electron chi connectivity index (χ4n) is 2.20. The van der Waals surface area contributed by atoms with Gasteiger partial charge in [0.25, 0.3) is 5.69 Å². The van der Waals surface area contributed by atoms with Crippen molar-refractivity contribution in [3.63, 3.8) is 0 Å². The fraction of sp³-hybridized carbons (Fsp3) is 0.538. The third-order valence-corrected chi connectivity index (χ3v) is 4.14. The highest BCUT2D eigenvalue weighted by atomic mass is 35.5. The highest BCUT2D eigenvalue weighted by Gasteiger charge is 2.27. The van der Waals surface area contributed by atoms with Gasteiger partial charge in [-0.25, -0.2) is 0 Å². The number of benzene rings is 1. The van der Waals surface area contributed by atoms with E-state index in [9.17, 15) is 10.1 Å². The maximum Gasteiger partial charge on any atom is 0.293 e. The van der Waals surface area contributed by atoms with Gasteiger partial charge in [0.15, 0.2) is 0 Å². The van der Waals surface area contributed by atoms with E-state index in [2.05, 4.69) is 17.1 Å². The van der Waals surface area contributed by atoms with Crippen molar-refractivity contribution in [3.05, 3.63) is 32.3 Å². The maximum absolute atomic E-state index is 11.0. The Hall–Kier alpha value is -1.04. The normalized spacial score (nSPS) is 14.6. The Morgan fingerprint density at radius 2 is 2.05 bits per heavy atom. The van der Waals surface area contributed by atoms with E-state index in [1.54, 1.807) is 0 Å². The Balaban J connectivity index is 2.00. The Morgan fingerprint density at radius 3 is 2.60 bits per heavy atom. The molecule has 0 saturated heterocycles. The standard InChI is InChI=1S/C13H17Cl2N3O2/c1-2-17(9-3-4-9)6-5-16-12-7-10(14)11(15)8-13(12)18(19)20/h7-9,16H,2-6H2,1H3. The summed E-state index contributed by atoms with van der Waals surface area (Å²) in [5.74, 6) is 0. The number of hydrogen-bond acceptors (Lipinski definition) is 4. The van der Waals surface area contributed by atoms with E-state index in [1.165, 1.54) is 25.0 Å². The zero-order valence-electron chi connectivity index (χ0n) is 11.2. The lowest BCUT2D eigenvalue weighted by atomic mass is 10.2. The van der Waals surface area contributed by atoms with E-state index in [0.29, 0.717) is 23.3 Å². The molecule has 1 N–H and O–H groups in total. The Kier molecular flexibility index (Phi) is 5.07. The van der Waals surface area contributed by atoms with Crippen LogP contribution in [0.1, 0.15) is 19.8 Å². The zero-order chi connectivity index (χ0) is 14.7. The van der Waals surface area contributed by atoms with Crippen molar-refractivity contribution in [3.8, 4) is 0 Å². The largest absolute Gasteiger partial charge is 0.378 e. The molecule has 0 spiro atoms. The molecule has 0 amide bonds. The number of likely N-dealkylation sites (N-methyl/N-ethyl adjacent to an activating group) is 1. The molecule has 0 bridgehead atoms. The van der Waals surface area contributed by atoms with Crippen molar-refractivity contribution in [2.45, 2.75) is 25.8 Å². The molecule has 0 aromatic heterocycles. The first-order valence-corrected chi connectivity index (χ1v) is 7.40. The Bertz CT molecular complexity index is 507. The van der Waals surface area contributed by atoms with Crippen LogP contribution in [-0.2, 0) is 0 Å². The molecule has 0 unspecified atom stereocenters. The molecule has 5 nitrogen and oxygen atoms in total. The van der Waals surface area contributed by atoms with Crippen molar-refractivity contribution in [1.29, 1.82) is 0 Å². The number of halogens is 2. The van der Waals surface area contributed by atoms with Crippen molar-refractivity contribution in [2.75, 3.05) is 25.0 Å². The van der Waals surface area contributed by atoms with Crippen LogP contribution in [-0.4, -0.2) is 35.5 Å². The third-order valence-electron chi connectivity index (χ3n) is 3.42. The number of nitrogens with one attached hydrogen (secondary N) is 1. The molecule has 2 rings (SSSR count). The topological polar surface area (TPSA) is 58.4 Å². The number of hydrogen-bond donors (Lipinski definition) is 1. The van der Waals surface area contributed by atoms with Crippen LogP contribution in [0.3, 0.4) is 0 Å². The molecule has 1 aromatic rings. The van der Waals surface area contributed by atoms with Crippen LogP contribution in [0.2, 0.25) is 10.0 Å². The van der Waals surface area contributed by atoms with E-state index < -0.39 is 4.92 Å². The monoisotopic (exact) mass is 317 g/mol. The molecule has 110 valence electrons. The van der Waals surface area contributed by atoms with Crippen molar-refractivity contribution in [2.24, 2.45) is 0 Å². The van der Waals surface area contributed by atoms with Crippen LogP contribution < -0.4 is 5.32 Å². The SMILES string of the molecule is CCN(CCNc1cc(Cl)c(Cl)cc1[N+](=O)[O-])C1CC1. The van der Waals surface area contributed by atoms with Gasteiger partial charge < -0.3 is 5.32 Å². The van der Waals surface area contributed by atoms with Crippen molar-refractivity contribution in [1.82, 2.24) is 4.90 Å². The lowest BCUT2D eigenvalue weighted by Gasteiger charge is -2.20. The minimum atomic E-state index is -0.455. The molecule has 0 aliphatic heterocycles. The van der Waals surface area contributed by atoms with Gasteiger partial charge in [0.1, 0.15) is 5.69 Å². The van der Waals surface area contributed by atoms with Gasteiger partial charge >= 0.3 is 0 Å². The Labute approximate surface area is 128 Å². The van der Waals surface area contributed by atoms with Crippen LogP contribution in [0.4, 0.5) is 11.4 Å². The molecule has 0 heterocycles. The van der Waals surface area contributed by atoms with Crippen LogP contribution >= 0.6 is 23.2 Å². The van der Waals surface area contributed by atoms with Gasteiger partial charge in [0, 0.05) is 25.2 Å². The summed E-state index contributed by atoms with van der Waals surface area (Å²) in [4.78, 5) is 12.9. The van der Waals surface area contributed by atoms with Crippen LogP contribution in [0.25, 0.3) is 0 Å². The molecule has 1 saturated carbocycles. The summed E-state index contributed by atoms with van der Waals surface area (Å²) in [6.07, 6.45) is 2.50. The number of rotatable bonds is 7. The Morgan fingerprint density at radius 1 is 1.40 bits per heavy atom. The van der Waals surface area contributed by atoms with E-state index in [0.717, 1.165) is 13.1 Å². The average Bonchev–Trinajstić information content (AvgIpc) is 3.22. The first kappa shape index (κ1) is 15.4. The first-order chi connectivity index (χ1) is 9.52. The van der Waals surface area contributed by atoms with Gasteiger partial charge in [-0.1, -0.05) is 30.1 Å². The van der Waals surface area contributed by atoms with E-state index in [-0.39, 0.29) is 10.7 Å². The summed E-state index contributed by atoms with van der Waals surface area (Å²) in [7, 11) is 0. The smallest absolute Gasteiger partial charge is 0.293 e. The molecule has 1 aromatic carbocycles. The van der Waals surface area contributed by atoms with Gasteiger partial charge in [-0.3, -0.25) is 15.0 Å². The third kappa shape index (κ3) is 3.75. The molecule has 1 fully saturated rings. The summed E-state index contributed by atoms with van der Waals surface area (Å²) in [5.41, 5.74) is 0.366. The lowest BCUT2D eigenvalue weighted by molar-refractivity contribution is -0.383. The van der Waals surface area contributed by atoms with E-state index in [4.69, 9.17) is 23.2 Å². The summed E-state index contributed by atoms with van der Waals surface area (Å²) < 4.78 is 0. The summed E-state index contributed by atoms with van der Waals surface area (Å²) in [6, 6.07) is 3.48. The highest BCUT2D eigenvalue weighted by molar-refractivity contribution is 6.42. The maximum atomic E-state index is 11.0. The van der Waals surface area contributed by atoms with E-state index in [1.807, 2.05) is 0 Å². The molecular formula is C13H17Cl2N3O2. The predicted molar refractivity (Wildman–Crippen MR) is 81.9 cm³/mol. The minimum Gasteiger partial charge on any atom is -0.378 e. The van der Waals surface area contributed by atoms with E-state index >= 15 is 0 Å². The molecule has 1 aliphatic carbocycles.